The number of H-pyrrole nitrogens is 2. The molecular formula is C71H89N7O4S3. The molecule has 0 atom stereocenters. The van der Waals surface area contributed by atoms with E-state index in [-0.39, 0.29) is 23.3 Å². The van der Waals surface area contributed by atoms with E-state index in [1.54, 1.807) is 0 Å². The van der Waals surface area contributed by atoms with Crippen LogP contribution in [0.4, 0.5) is 5.69 Å². The number of rotatable bonds is 9. The van der Waals surface area contributed by atoms with Gasteiger partial charge in [-0.1, -0.05) is 122 Å². The lowest BCUT2D eigenvalue weighted by atomic mass is 9.69. The lowest BCUT2D eigenvalue weighted by Crippen LogP contribution is -2.48. The van der Waals surface area contributed by atoms with Gasteiger partial charge >= 0.3 is 5.97 Å². The first-order valence-electron chi connectivity index (χ1n) is 32.6. The molecule has 6 fully saturated rings. The highest BCUT2D eigenvalue weighted by Crippen LogP contribution is 2.48. The number of carbonyl (C=O) groups excluding carboxylic acids is 1. The van der Waals surface area contributed by atoms with E-state index in [2.05, 4.69) is 117 Å². The Morgan fingerprint density at radius 2 is 1.16 bits per heavy atom. The Hall–Kier alpha value is -5.49. The molecule has 85 heavy (non-hydrogen) atoms. The average Bonchev–Trinajstić information content (AvgIpc) is 3.30. The monoisotopic (exact) mass is 1200 g/mol. The number of anilines is 1. The maximum absolute atomic E-state index is 13.9. The Bertz CT molecular complexity index is 3570. The topological polar surface area (TPSA) is 140 Å². The van der Waals surface area contributed by atoms with Crippen molar-refractivity contribution in [3.63, 3.8) is 0 Å². The van der Waals surface area contributed by atoms with Gasteiger partial charge in [-0.3, -0.25) is 23.9 Å². The standard InChI is InChI=1S/C71H89N7O4S3/c1-8-76-67(82)65(85-69(76)83)68-77(42-61(79)80)66(81)60(84-68)41-44-21-19-43(20-22-44)23-32-51-52-33-35-54(72-52)62(45-15-11-9-12-16-45)56-37-39-58(74-56)64(59-40-38-57(75-59)63(46-17-13-10-14-18-46)55-36-34-53(51)73-55)78(49-28-24-47(25-29-49)70(2,3)4)50-30-26-48(27-31-50)71(5,6)7/h33-41,43-50,74-75H,8-22,24-31,42H2,1-7H3,(H,79,80)/b52-51?,53-51?,60-41?,62-54?,62-56?,63-55?,63-57?,64-58?,64-59?,68-65+. The van der Waals surface area contributed by atoms with Gasteiger partial charge in [0.1, 0.15) is 20.4 Å². The van der Waals surface area contributed by atoms with Crippen LogP contribution in [-0.4, -0.2) is 69.3 Å². The number of thiazole rings is 1. The van der Waals surface area contributed by atoms with E-state index in [1.807, 2.05) is 13.0 Å². The zero-order valence-electron chi connectivity index (χ0n) is 51.4. The van der Waals surface area contributed by atoms with E-state index < -0.39 is 12.5 Å². The average molecular weight is 1200 g/mol. The Labute approximate surface area is 516 Å². The van der Waals surface area contributed by atoms with Crippen molar-refractivity contribution in [1.82, 2.24) is 29.4 Å². The first kappa shape index (κ1) is 59.8. The molecule has 12 rings (SSSR count). The van der Waals surface area contributed by atoms with Crippen molar-refractivity contribution in [3.8, 4) is 11.8 Å². The second kappa shape index (κ2) is 24.9. The van der Waals surface area contributed by atoms with Gasteiger partial charge in [0.2, 0.25) is 0 Å². The smallest absolute Gasteiger partial charge is 0.323 e. The Morgan fingerprint density at radius 1 is 0.682 bits per heavy atom. The van der Waals surface area contributed by atoms with Gasteiger partial charge in [-0.05, 0) is 199 Å². The number of thiocarbonyl (C=S) groups is 1. The van der Waals surface area contributed by atoms with Crippen molar-refractivity contribution in [2.45, 2.75) is 220 Å². The summed E-state index contributed by atoms with van der Waals surface area (Å²) in [7, 11) is 0. The molecule has 1 amide bonds. The minimum absolute atomic E-state index is 0.109. The number of carboxylic acid groups (broad SMARTS) is 1. The molecule has 11 nitrogen and oxygen atoms in total. The highest BCUT2D eigenvalue weighted by atomic mass is 32.2. The fraction of sp³-hybridized carbons (Fsp3) is 0.577. The maximum atomic E-state index is 13.9. The SMILES string of the molecule is CCN1C(=O)/C(=c2\sc(=CC3CCC(C#Cc4c5nc(c(C6CCCCC6)c6ccc([nH]6)c(N(C6CCC(C(C)(C)C)CC6)C6CCC(C(C)(C)C)CC6)c6ccc([nH]6)c(C6CCCCC6)c6nc4C=C6)C=C5)CC3)c(=O)n2CC(=O)O)SC1=S. The molecule has 3 aliphatic heterocycles. The van der Waals surface area contributed by atoms with Crippen molar-refractivity contribution < 1.29 is 14.7 Å². The molecule has 4 aromatic heterocycles. The normalized spacial score (nSPS) is 25.4. The molecule has 5 saturated carbocycles. The Morgan fingerprint density at radius 3 is 1.62 bits per heavy atom. The lowest BCUT2D eigenvalue weighted by molar-refractivity contribution is -0.137. The predicted octanol–water partition coefficient (Wildman–Crippen LogP) is 15.7. The number of aromatic nitrogens is 5. The van der Waals surface area contributed by atoms with Gasteiger partial charge in [0.15, 0.2) is 0 Å². The summed E-state index contributed by atoms with van der Waals surface area (Å²) < 4.78 is 2.47. The van der Waals surface area contributed by atoms with Crippen LogP contribution < -0.4 is 19.7 Å². The van der Waals surface area contributed by atoms with Crippen LogP contribution in [0.25, 0.3) is 57.4 Å². The first-order valence-corrected chi connectivity index (χ1v) is 34.6. The highest BCUT2D eigenvalue weighted by Gasteiger charge is 2.40. The summed E-state index contributed by atoms with van der Waals surface area (Å²) in [5.41, 5.74) is 13.6. The van der Waals surface area contributed by atoms with Gasteiger partial charge in [0, 0.05) is 46.7 Å². The molecule has 14 heteroatoms. The quantitative estimate of drug-likeness (QED) is 0.0953. The molecule has 7 heterocycles. The van der Waals surface area contributed by atoms with Gasteiger partial charge in [-0.25, -0.2) is 9.97 Å². The zero-order valence-corrected chi connectivity index (χ0v) is 53.9. The lowest BCUT2D eigenvalue weighted by Gasteiger charge is -2.48. The van der Waals surface area contributed by atoms with Crippen molar-refractivity contribution >= 4 is 115 Å². The van der Waals surface area contributed by atoms with Crippen LogP contribution in [-0.2, 0) is 16.1 Å². The van der Waals surface area contributed by atoms with Gasteiger partial charge in [0.05, 0.1) is 49.6 Å². The van der Waals surface area contributed by atoms with Crippen LogP contribution in [0.5, 0.6) is 0 Å². The molecular weight excluding hydrogens is 1110 g/mol. The molecule has 1 saturated heterocycles. The van der Waals surface area contributed by atoms with Crippen LogP contribution in [0.2, 0.25) is 0 Å². The number of amides is 1. The van der Waals surface area contributed by atoms with Crippen molar-refractivity contribution in [2.24, 2.45) is 34.5 Å². The molecule has 8 bridgehead atoms. The van der Waals surface area contributed by atoms with Crippen LogP contribution in [0, 0.1) is 46.3 Å². The first-order chi connectivity index (χ1) is 40.9. The van der Waals surface area contributed by atoms with Crippen molar-refractivity contribution in [1.29, 1.82) is 0 Å². The van der Waals surface area contributed by atoms with E-state index in [1.165, 1.54) is 150 Å². The summed E-state index contributed by atoms with van der Waals surface area (Å²) in [6, 6.07) is 10.5. The van der Waals surface area contributed by atoms with E-state index in [9.17, 15) is 19.5 Å². The molecule has 5 aliphatic carbocycles. The number of nitrogens with zero attached hydrogens (tertiary/aromatic N) is 5. The summed E-state index contributed by atoms with van der Waals surface area (Å²) >= 11 is 7.82. The largest absolute Gasteiger partial charge is 0.480 e. The van der Waals surface area contributed by atoms with Gasteiger partial charge in [-0.2, -0.15) is 0 Å². The molecule has 4 aromatic rings. The number of aliphatic carboxylic acids is 1. The molecule has 450 valence electrons. The summed E-state index contributed by atoms with van der Waals surface area (Å²) in [5, 5.41) is 9.82. The van der Waals surface area contributed by atoms with Crippen molar-refractivity contribution in [2.75, 3.05) is 11.4 Å². The third-order valence-corrected chi connectivity index (χ3v) is 23.6. The van der Waals surface area contributed by atoms with E-state index in [4.69, 9.17) is 22.2 Å². The van der Waals surface area contributed by atoms with E-state index >= 15 is 0 Å². The molecule has 0 unspecified atom stereocenters. The minimum Gasteiger partial charge on any atom is -0.480 e. The predicted molar refractivity (Wildman–Crippen MR) is 357 cm³/mol. The second-order valence-electron chi connectivity index (χ2n) is 28.2. The third kappa shape index (κ3) is 12.5. The van der Waals surface area contributed by atoms with Crippen LogP contribution in [0.1, 0.15) is 241 Å². The Balaban J connectivity index is 0.975. The molecule has 8 aliphatic rings. The van der Waals surface area contributed by atoms with Gasteiger partial charge in [0.25, 0.3) is 11.5 Å². The van der Waals surface area contributed by atoms with E-state index in [0.29, 0.717) is 59.7 Å². The summed E-state index contributed by atoms with van der Waals surface area (Å²) in [6.07, 6.45) is 36.2. The molecule has 0 aromatic carbocycles. The fourth-order valence-electron chi connectivity index (χ4n) is 16.0. The highest BCUT2D eigenvalue weighted by molar-refractivity contribution is 8.30. The number of carboxylic acids is 1. The third-order valence-electron chi connectivity index (χ3n) is 20.8. The number of fused-ring (bicyclic) bond motifs is 8. The number of aromatic amines is 2. The van der Waals surface area contributed by atoms with Crippen LogP contribution in [0.15, 0.2) is 29.1 Å². The van der Waals surface area contributed by atoms with Gasteiger partial charge < -0.3 is 20.0 Å². The maximum Gasteiger partial charge on any atom is 0.323 e. The number of nitrogens with one attached hydrogen (secondary N) is 2. The van der Waals surface area contributed by atoms with Crippen LogP contribution >= 0.6 is 35.3 Å². The minimum atomic E-state index is -1.14. The summed E-state index contributed by atoms with van der Waals surface area (Å²) in [5.74, 6) is 8.55. The number of hydrogen-bond donors (Lipinski definition) is 3. The summed E-state index contributed by atoms with van der Waals surface area (Å²) in [6.45, 7) is 16.4. The molecule has 0 spiro atoms. The molecule has 3 N–H and O–H groups in total. The summed E-state index contributed by atoms with van der Waals surface area (Å²) in [4.78, 5) is 63.8. The van der Waals surface area contributed by atoms with Gasteiger partial charge in [-0.15, -0.1) is 11.3 Å². The van der Waals surface area contributed by atoms with E-state index in [0.717, 1.165) is 103 Å². The second-order valence-corrected chi connectivity index (χ2v) is 30.9. The van der Waals surface area contributed by atoms with Crippen molar-refractivity contribution in [3.05, 3.63) is 83.3 Å². The van der Waals surface area contributed by atoms with Crippen LogP contribution in [0.3, 0.4) is 0 Å². The number of carbonyl (C=O) groups is 2. The number of thioether (sulfide) groups is 1. The number of hydrogen-bond acceptors (Lipinski definition) is 9. The zero-order chi connectivity index (χ0) is 59.3. The fourth-order valence-corrected chi connectivity index (χ4v) is 18.7. The molecule has 0 radical (unpaired) electrons. The Kier molecular flexibility index (Phi) is 17.6.